The monoisotopic (exact) mass is 298 g/mol. The normalized spacial score (nSPS) is 10.3. The van der Waals surface area contributed by atoms with Crippen molar-refractivity contribution in [3.05, 3.63) is 69.8 Å². The summed E-state index contributed by atoms with van der Waals surface area (Å²) in [4.78, 5) is 35.3. The summed E-state index contributed by atoms with van der Waals surface area (Å²) < 4.78 is 0. The maximum absolute atomic E-state index is 12.5. The summed E-state index contributed by atoms with van der Waals surface area (Å²) >= 11 is 0. The minimum absolute atomic E-state index is 0.126. The van der Waals surface area contributed by atoms with Crippen LogP contribution in [0.4, 0.5) is 0 Å². The van der Waals surface area contributed by atoms with E-state index in [2.05, 4.69) is 0 Å². The van der Waals surface area contributed by atoms with Crippen molar-refractivity contribution in [1.29, 1.82) is 0 Å². The molecule has 0 aliphatic heterocycles. The fourth-order valence-corrected chi connectivity index (χ4v) is 2.25. The van der Waals surface area contributed by atoms with Gasteiger partial charge in [0.2, 0.25) is 0 Å². The SMILES string of the molecule is Cc1ccc(C(=O)c2ccc(C)c(C(=O)O)c2C(=O)O)cc1. The van der Waals surface area contributed by atoms with E-state index in [1.54, 1.807) is 24.3 Å². The van der Waals surface area contributed by atoms with Crippen LogP contribution in [0.15, 0.2) is 36.4 Å². The molecule has 2 N–H and O–H groups in total. The van der Waals surface area contributed by atoms with E-state index in [9.17, 15) is 24.6 Å². The van der Waals surface area contributed by atoms with Gasteiger partial charge in [0.15, 0.2) is 5.78 Å². The predicted octanol–water partition coefficient (Wildman–Crippen LogP) is 2.93. The lowest BCUT2D eigenvalue weighted by molar-refractivity contribution is 0.0649. The summed E-state index contributed by atoms with van der Waals surface area (Å²) in [6.45, 7) is 3.36. The van der Waals surface area contributed by atoms with Gasteiger partial charge in [-0.15, -0.1) is 0 Å². The molecule has 0 heterocycles. The Kier molecular flexibility index (Phi) is 4.08. The van der Waals surface area contributed by atoms with E-state index in [0.717, 1.165) is 5.56 Å². The molecule has 0 saturated carbocycles. The summed E-state index contributed by atoms with van der Waals surface area (Å²) in [5.74, 6) is -3.31. The van der Waals surface area contributed by atoms with Crippen molar-refractivity contribution in [3.8, 4) is 0 Å². The zero-order chi connectivity index (χ0) is 16.4. The Labute approximate surface area is 126 Å². The van der Waals surface area contributed by atoms with E-state index in [-0.39, 0.29) is 11.1 Å². The molecule has 0 radical (unpaired) electrons. The number of aryl methyl sites for hydroxylation is 2. The zero-order valence-corrected chi connectivity index (χ0v) is 12.1. The number of rotatable bonds is 4. The predicted molar refractivity (Wildman–Crippen MR) is 79.7 cm³/mol. The first-order chi connectivity index (χ1) is 10.3. The fourth-order valence-electron chi connectivity index (χ4n) is 2.25. The van der Waals surface area contributed by atoms with Crippen LogP contribution in [0.1, 0.15) is 47.8 Å². The number of hydrogen-bond acceptors (Lipinski definition) is 3. The highest BCUT2D eigenvalue weighted by atomic mass is 16.4. The first kappa shape index (κ1) is 15.4. The van der Waals surface area contributed by atoms with Gasteiger partial charge in [-0.2, -0.15) is 0 Å². The van der Waals surface area contributed by atoms with Crippen LogP contribution in [0.5, 0.6) is 0 Å². The van der Waals surface area contributed by atoms with Crippen LogP contribution in [0.2, 0.25) is 0 Å². The molecule has 2 rings (SSSR count). The Bertz CT molecular complexity index is 772. The molecule has 2 aromatic carbocycles. The molecule has 0 unspecified atom stereocenters. The maximum Gasteiger partial charge on any atom is 0.337 e. The smallest absolute Gasteiger partial charge is 0.337 e. The lowest BCUT2D eigenvalue weighted by Gasteiger charge is -2.11. The van der Waals surface area contributed by atoms with Crippen LogP contribution in [0.25, 0.3) is 0 Å². The third kappa shape index (κ3) is 2.74. The molecule has 5 nitrogen and oxygen atoms in total. The second-order valence-corrected chi connectivity index (χ2v) is 4.99. The second-order valence-electron chi connectivity index (χ2n) is 4.99. The fraction of sp³-hybridized carbons (Fsp3) is 0.118. The molecule has 5 heteroatoms. The van der Waals surface area contributed by atoms with Gasteiger partial charge in [0, 0.05) is 11.1 Å². The summed E-state index contributed by atoms with van der Waals surface area (Å²) in [5.41, 5.74) is 0.617. The molecule has 0 aliphatic rings. The van der Waals surface area contributed by atoms with E-state index in [1.807, 2.05) is 6.92 Å². The Hall–Kier alpha value is -2.95. The Morgan fingerprint density at radius 3 is 1.82 bits per heavy atom. The summed E-state index contributed by atoms with van der Waals surface area (Å²) in [7, 11) is 0. The van der Waals surface area contributed by atoms with Gasteiger partial charge >= 0.3 is 11.9 Å². The van der Waals surface area contributed by atoms with E-state index < -0.39 is 23.3 Å². The first-order valence-corrected chi connectivity index (χ1v) is 6.54. The highest BCUT2D eigenvalue weighted by molar-refractivity contribution is 6.17. The second kappa shape index (κ2) is 5.81. The molecular weight excluding hydrogens is 284 g/mol. The van der Waals surface area contributed by atoms with Gasteiger partial charge < -0.3 is 10.2 Å². The molecule has 112 valence electrons. The highest BCUT2D eigenvalue weighted by Gasteiger charge is 2.26. The minimum Gasteiger partial charge on any atom is -0.478 e. The Balaban J connectivity index is 2.67. The highest BCUT2D eigenvalue weighted by Crippen LogP contribution is 2.22. The van der Waals surface area contributed by atoms with E-state index >= 15 is 0 Å². The Morgan fingerprint density at radius 2 is 1.32 bits per heavy atom. The van der Waals surface area contributed by atoms with Gasteiger partial charge in [0.25, 0.3) is 0 Å². The van der Waals surface area contributed by atoms with Crippen LogP contribution in [0, 0.1) is 13.8 Å². The van der Waals surface area contributed by atoms with Gasteiger partial charge in [-0.25, -0.2) is 9.59 Å². The summed E-state index contributed by atoms with van der Waals surface area (Å²) in [6.07, 6.45) is 0. The number of carbonyl (C=O) groups is 3. The van der Waals surface area contributed by atoms with Gasteiger partial charge in [-0.3, -0.25) is 4.79 Å². The Morgan fingerprint density at radius 1 is 0.773 bits per heavy atom. The molecule has 0 saturated heterocycles. The van der Waals surface area contributed by atoms with Gasteiger partial charge in [0.05, 0.1) is 11.1 Å². The number of ketones is 1. The van der Waals surface area contributed by atoms with Crippen LogP contribution in [-0.2, 0) is 0 Å². The van der Waals surface area contributed by atoms with Gasteiger partial charge in [-0.1, -0.05) is 35.9 Å². The van der Waals surface area contributed by atoms with Crippen LogP contribution in [0.3, 0.4) is 0 Å². The van der Waals surface area contributed by atoms with Crippen molar-refractivity contribution in [3.63, 3.8) is 0 Å². The number of hydrogen-bond donors (Lipinski definition) is 2. The van der Waals surface area contributed by atoms with Crippen LogP contribution >= 0.6 is 0 Å². The molecular formula is C17H14O5. The molecule has 0 spiro atoms. The first-order valence-electron chi connectivity index (χ1n) is 6.54. The molecule has 0 aliphatic carbocycles. The number of benzene rings is 2. The lowest BCUT2D eigenvalue weighted by atomic mass is 9.91. The maximum atomic E-state index is 12.5. The molecule has 0 atom stereocenters. The number of carboxylic acid groups (broad SMARTS) is 2. The standard InChI is InChI=1S/C17H14O5/c1-9-3-6-11(7-4-9)15(18)12-8-5-10(2)13(16(19)20)14(12)17(21)22/h3-8H,1-2H3,(H,19,20)(H,21,22). The van der Waals surface area contributed by atoms with E-state index in [0.29, 0.717) is 11.1 Å². The third-order valence-electron chi connectivity index (χ3n) is 3.40. The summed E-state index contributed by atoms with van der Waals surface area (Å²) in [6, 6.07) is 9.44. The van der Waals surface area contributed by atoms with Crippen molar-refractivity contribution < 1.29 is 24.6 Å². The summed E-state index contributed by atoms with van der Waals surface area (Å²) in [5, 5.41) is 18.6. The van der Waals surface area contributed by atoms with Crippen molar-refractivity contribution in [1.82, 2.24) is 0 Å². The minimum atomic E-state index is -1.43. The average Bonchev–Trinajstić information content (AvgIpc) is 2.46. The van der Waals surface area contributed by atoms with Crippen molar-refractivity contribution in [2.24, 2.45) is 0 Å². The lowest BCUT2D eigenvalue weighted by Crippen LogP contribution is -2.17. The molecule has 2 aromatic rings. The van der Waals surface area contributed by atoms with Gasteiger partial charge in [-0.05, 0) is 25.5 Å². The number of carboxylic acids is 2. The third-order valence-corrected chi connectivity index (χ3v) is 3.40. The van der Waals surface area contributed by atoms with E-state index in [1.165, 1.54) is 19.1 Å². The van der Waals surface area contributed by atoms with Gasteiger partial charge in [0.1, 0.15) is 0 Å². The number of carbonyl (C=O) groups excluding carboxylic acids is 1. The quantitative estimate of drug-likeness (QED) is 0.847. The zero-order valence-electron chi connectivity index (χ0n) is 12.1. The van der Waals surface area contributed by atoms with Crippen LogP contribution in [-0.4, -0.2) is 27.9 Å². The number of aromatic carboxylic acids is 2. The van der Waals surface area contributed by atoms with Crippen molar-refractivity contribution in [2.45, 2.75) is 13.8 Å². The molecule has 0 amide bonds. The van der Waals surface area contributed by atoms with E-state index in [4.69, 9.17) is 0 Å². The molecule has 22 heavy (non-hydrogen) atoms. The topological polar surface area (TPSA) is 91.7 Å². The van der Waals surface area contributed by atoms with Crippen molar-refractivity contribution in [2.75, 3.05) is 0 Å². The molecule has 0 aromatic heterocycles. The average molecular weight is 298 g/mol. The van der Waals surface area contributed by atoms with Crippen LogP contribution < -0.4 is 0 Å². The molecule has 0 fully saturated rings. The van der Waals surface area contributed by atoms with Crippen molar-refractivity contribution >= 4 is 17.7 Å². The largest absolute Gasteiger partial charge is 0.478 e. The molecule has 0 bridgehead atoms.